The van der Waals surface area contributed by atoms with E-state index in [0.717, 1.165) is 5.56 Å². The molecule has 0 aliphatic rings. The zero-order chi connectivity index (χ0) is 10.7. The van der Waals surface area contributed by atoms with Crippen molar-refractivity contribution in [2.75, 3.05) is 6.61 Å². The van der Waals surface area contributed by atoms with Gasteiger partial charge in [0.2, 0.25) is 0 Å². The molecule has 0 heterocycles. The second-order valence-electron chi connectivity index (χ2n) is 3.20. The van der Waals surface area contributed by atoms with Gasteiger partial charge in [-0.25, -0.2) is 0 Å². The van der Waals surface area contributed by atoms with Crippen molar-refractivity contribution in [2.45, 2.75) is 19.1 Å². The molecule has 0 fully saturated rings. The lowest BCUT2D eigenvalue weighted by atomic mass is 10.00. The van der Waals surface area contributed by atoms with E-state index in [1.54, 1.807) is 25.1 Å². The molecule has 0 bridgehead atoms. The summed E-state index contributed by atoms with van der Waals surface area (Å²) in [6.45, 7) is 1.33. The van der Waals surface area contributed by atoms with E-state index in [1.165, 1.54) is 0 Å². The standard InChI is InChI=1S/C10H13ClO3/c1-6-2-3-7(11)4-8(6)10(14)9(13)5-12/h2-4,9-10,12-14H,5H2,1H3. The van der Waals surface area contributed by atoms with Crippen LogP contribution in [0.15, 0.2) is 18.2 Å². The van der Waals surface area contributed by atoms with Crippen LogP contribution in [0, 0.1) is 6.92 Å². The first-order valence-electron chi connectivity index (χ1n) is 4.29. The predicted octanol–water partition coefficient (Wildman–Crippen LogP) is 1.04. The molecule has 2 unspecified atom stereocenters. The van der Waals surface area contributed by atoms with Gasteiger partial charge in [-0.05, 0) is 30.2 Å². The van der Waals surface area contributed by atoms with Gasteiger partial charge in [-0.2, -0.15) is 0 Å². The molecule has 0 saturated heterocycles. The molecule has 0 spiro atoms. The van der Waals surface area contributed by atoms with Crippen molar-refractivity contribution >= 4 is 11.6 Å². The molecule has 3 nitrogen and oxygen atoms in total. The number of aryl methyl sites for hydroxylation is 1. The maximum atomic E-state index is 9.63. The van der Waals surface area contributed by atoms with Crippen molar-refractivity contribution in [3.63, 3.8) is 0 Å². The molecule has 0 radical (unpaired) electrons. The minimum Gasteiger partial charge on any atom is -0.394 e. The van der Waals surface area contributed by atoms with E-state index in [-0.39, 0.29) is 0 Å². The third-order valence-electron chi connectivity index (χ3n) is 2.11. The number of hydrogen-bond donors (Lipinski definition) is 3. The van der Waals surface area contributed by atoms with Crippen LogP contribution in [0.4, 0.5) is 0 Å². The van der Waals surface area contributed by atoms with E-state index in [9.17, 15) is 10.2 Å². The summed E-state index contributed by atoms with van der Waals surface area (Å²) in [6.07, 6.45) is -2.27. The van der Waals surface area contributed by atoms with E-state index in [2.05, 4.69) is 0 Å². The third-order valence-corrected chi connectivity index (χ3v) is 2.35. The van der Waals surface area contributed by atoms with E-state index in [4.69, 9.17) is 16.7 Å². The Morgan fingerprint density at radius 2 is 2.00 bits per heavy atom. The molecule has 14 heavy (non-hydrogen) atoms. The summed E-state index contributed by atoms with van der Waals surface area (Å²) in [5.41, 5.74) is 1.37. The second kappa shape index (κ2) is 4.75. The van der Waals surface area contributed by atoms with Crippen molar-refractivity contribution in [3.05, 3.63) is 34.3 Å². The molecule has 78 valence electrons. The molecule has 0 aliphatic heterocycles. The van der Waals surface area contributed by atoms with Gasteiger partial charge in [0.05, 0.1) is 6.61 Å². The molecule has 0 amide bonds. The van der Waals surface area contributed by atoms with Gasteiger partial charge in [-0.15, -0.1) is 0 Å². The largest absolute Gasteiger partial charge is 0.394 e. The van der Waals surface area contributed by atoms with Crippen molar-refractivity contribution in [1.82, 2.24) is 0 Å². The van der Waals surface area contributed by atoms with Gasteiger partial charge < -0.3 is 15.3 Å². The van der Waals surface area contributed by atoms with E-state index in [1.807, 2.05) is 0 Å². The van der Waals surface area contributed by atoms with Crippen LogP contribution in [-0.4, -0.2) is 28.0 Å². The van der Waals surface area contributed by atoms with E-state index >= 15 is 0 Å². The van der Waals surface area contributed by atoms with E-state index in [0.29, 0.717) is 10.6 Å². The highest BCUT2D eigenvalue weighted by molar-refractivity contribution is 6.30. The van der Waals surface area contributed by atoms with Crippen LogP contribution in [-0.2, 0) is 0 Å². The normalized spacial score (nSPS) is 15.2. The molecule has 1 aromatic rings. The minimum absolute atomic E-state index is 0.479. The summed E-state index contributed by atoms with van der Waals surface area (Å²) in [5, 5.41) is 28.1. The highest BCUT2D eigenvalue weighted by Gasteiger charge is 2.19. The van der Waals surface area contributed by atoms with Gasteiger partial charge in [-0.1, -0.05) is 17.7 Å². The molecular formula is C10H13ClO3. The fraction of sp³-hybridized carbons (Fsp3) is 0.400. The van der Waals surface area contributed by atoms with Crippen LogP contribution in [0.25, 0.3) is 0 Å². The van der Waals surface area contributed by atoms with Crippen LogP contribution in [0.5, 0.6) is 0 Å². The predicted molar refractivity (Wildman–Crippen MR) is 54.2 cm³/mol. The molecule has 0 saturated carbocycles. The topological polar surface area (TPSA) is 60.7 Å². The Morgan fingerprint density at radius 1 is 1.36 bits per heavy atom. The smallest absolute Gasteiger partial charge is 0.107 e. The SMILES string of the molecule is Cc1ccc(Cl)cc1C(O)C(O)CO. The molecular weight excluding hydrogens is 204 g/mol. The minimum atomic E-state index is -1.17. The van der Waals surface area contributed by atoms with Gasteiger partial charge in [-0.3, -0.25) is 0 Å². The first-order valence-corrected chi connectivity index (χ1v) is 4.67. The van der Waals surface area contributed by atoms with Crippen LogP contribution >= 0.6 is 11.6 Å². The lowest BCUT2D eigenvalue weighted by Gasteiger charge is -2.18. The Bertz CT molecular complexity index is 314. The summed E-state index contributed by atoms with van der Waals surface area (Å²) >= 11 is 5.75. The van der Waals surface area contributed by atoms with Gasteiger partial charge >= 0.3 is 0 Å². The quantitative estimate of drug-likeness (QED) is 0.708. The zero-order valence-electron chi connectivity index (χ0n) is 7.81. The Hall–Kier alpha value is -0.610. The molecule has 0 aromatic heterocycles. The molecule has 3 N–H and O–H groups in total. The van der Waals surface area contributed by atoms with Gasteiger partial charge in [0.25, 0.3) is 0 Å². The average molecular weight is 217 g/mol. The lowest BCUT2D eigenvalue weighted by Crippen LogP contribution is -2.22. The highest BCUT2D eigenvalue weighted by Crippen LogP contribution is 2.24. The summed E-state index contributed by atoms with van der Waals surface area (Å²) < 4.78 is 0. The molecule has 4 heteroatoms. The third kappa shape index (κ3) is 2.45. The summed E-state index contributed by atoms with van der Waals surface area (Å²) in [6, 6.07) is 5.05. The van der Waals surface area contributed by atoms with Gasteiger partial charge in [0, 0.05) is 5.02 Å². The second-order valence-corrected chi connectivity index (χ2v) is 3.63. The average Bonchev–Trinajstić information content (AvgIpc) is 2.19. The van der Waals surface area contributed by atoms with Crippen molar-refractivity contribution in [3.8, 4) is 0 Å². The Balaban J connectivity index is 2.99. The van der Waals surface area contributed by atoms with Gasteiger partial charge in [0.1, 0.15) is 12.2 Å². The molecule has 0 aliphatic carbocycles. The number of rotatable bonds is 3. The molecule has 1 aromatic carbocycles. The summed E-state index contributed by atoms with van der Waals surface area (Å²) in [7, 11) is 0. The molecule has 1 rings (SSSR count). The van der Waals surface area contributed by atoms with Crippen LogP contribution in [0.3, 0.4) is 0 Å². The van der Waals surface area contributed by atoms with Crippen molar-refractivity contribution in [1.29, 1.82) is 0 Å². The number of benzene rings is 1. The number of halogens is 1. The summed E-state index contributed by atoms with van der Waals surface area (Å²) in [4.78, 5) is 0. The maximum Gasteiger partial charge on any atom is 0.107 e. The number of hydrogen-bond acceptors (Lipinski definition) is 3. The van der Waals surface area contributed by atoms with Gasteiger partial charge in [0.15, 0.2) is 0 Å². The van der Waals surface area contributed by atoms with E-state index < -0.39 is 18.8 Å². The fourth-order valence-electron chi connectivity index (χ4n) is 1.24. The first-order chi connectivity index (χ1) is 6.56. The van der Waals surface area contributed by atoms with Crippen molar-refractivity contribution in [2.24, 2.45) is 0 Å². The number of aliphatic hydroxyl groups excluding tert-OH is 3. The monoisotopic (exact) mass is 216 g/mol. The lowest BCUT2D eigenvalue weighted by molar-refractivity contribution is -0.0155. The summed E-state index contributed by atoms with van der Waals surface area (Å²) in [5.74, 6) is 0. The zero-order valence-corrected chi connectivity index (χ0v) is 8.57. The maximum absolute atomic E-state index is 9.63. The Labute approximate surface area is 87.6 Å². The van der Waals surface area contributed by atoms with Crippen molar-refractivity contribution < 1.29 is 15.3 Å². The first kappa shape index (κ1) is 11.5. The van der Waals surface area contributed by atoms with Crippen LogP contribution < -0.4 is 0 Å². The Morgan fingerprint density at radius 3 is 2.57 bits per heavy atom. The Kier molecular flexibility index (Phi) is 3.89. The van der Waals surface area contributed by atoms with Crippen LogP contribution in [0.1, 0.15) is 17.2 Å². The molecule has 2 atom stereocenters. The van der Waals surface area contributed by atoms with Crippen LogP contribution in [0.2, 0.25) is 5.02 Å². The fourth-order valence-corrected chi connectivity index (χ4v) is 1.42. The number of aliphatic hydroxyl groups is 3. The highest BCUT2D eigenvalue weighted by atomic mass is 35.5.